The summed E-state index contributed by atoms with van der Waals surface area (Å²) in [5.41, 5.74) is 31.2. The van der Waals surface area contributed by atoms with Crippen molar-refractivity contribution in [1.82, 2.24) is 0 Å². The first-order valence-electron chi connectivity index (χ1n) is 37.5. The summed E-state index contributed by atoms with van der Waals surface area (Å²) < 4.78 is 8.05. The van der Waals surface area contributed by atoms with Gasteiger partial charge in [0.05, 0.1) is 17.0 Å². The predicted molar refractivity (Wildman–Crippen MR) is 423 cm³/mol. The third-order valence-corrected chi connectivity index (χ3v) is 26.7. The molecule has 99 heavy (non-hydrogen) atoms. The van der Waals surface area contributed by atoms with Crippen LogP contribution in [0.3, 0.4) is 0 Å². The van der Waals surface area contributed by atoms with Crippen molar-refractivity contribution in [2.24, 2.45) is 0 Å². The number of hydrogen-bond donors (Lipinski definition) is 0. The zero-order valence-electron chi connectivity index (χ0n) is 63.3. The van der Waals surface area contributed by atoms with Crippen molar-refractivity contribution in [3.8, 4) is 0 Å². The molecule has 0 fully saturated rings. The summed E-state index contributed by atoms with van der Waals surface area (Å²) in [5, 5.41) is 1.19. The standard InChI is InChI=1S/C94H106BN3O/c1-85(2)43-45-87(5,6)71-51-65(39-41-69(71)85)97-78-57-75-74(90(11,12)48-49-91(75,13)14)56-77(78)95-82-79(97)53-67(96(63-35-31-61(32-36-63)93(17,18)59-27-23-21-24-28-59)64-37-33-62(34-38-64)94(19,20)60-29-25-22-26-30-60)54-80(82)98(66-40-42-70-72(52-66)88(7,8)46-44-86(70,3)4)83-68-55-73-76(58-81(68)99-84(83)95)92(15,16)50-47-89(73,9)10/h21-42,51-58H,43-50H2,1-20H3. The highest BCUT2D eigenvalue weighted by Crippen LogP contribution is 2.58. The lowest BCUT2D eigenvalue weighted by Crippen LogP contribution is -2.61. The molecule has 0 saturated carbocycles. The van der Waals surface area contributed by atoms with Gasteiger partial charge < -0.3 is 19.1 Å². The number of hydrogen-bond acceptors (Lipinski definition) is 4. The zero-order chi connectivity index (χ0) is 69.9. The number of benzene rings is 9. The molecule has 3 heterocycles. The van der Waals surface area contributed by atoms with Crippen molar-refractivity contribution in [3.63, 3.8) is 0 Å². The number of anilines is 9. The van der Waals surface area contributed by atoms with Crippen LogP contribution in [0.1, 0.15) is 257 Å². The average molecular weight is 1300 g/mol. The average Bonchev–Trinajstić information content (AvgIpc) is 1.66. The van der Waals surface area contributed by atoms with E-state index in [0.29, 0.717) is 0 Å². The van der Waals surface area contributed by atoms with E-state index < -0.39 is 0 Å². The molecule has 6 aliphatic rings. The SMILES string of the molecule is CC1(C)CCC(C)(C)c2cc(N3c4cc5c(cc4B4c6oc7cc8c(cc7c6N(c6ccc7c(c6)C(C)(C)CCC7(C)C)c6cc(N(c7ccc(C(C)(C)c9ccccc9)cc7)c7ccc(C(C)(C)c9ccccc9)cc7)cc3c64)C(C)(C)CCC8(C)C)C(C)(C)CCC5(C)C)ccc21. The summed E-state index contributed by atoms with van der Waals surface area (Å²) in [5.74, 6) is 0. The highest BCUT2D eigenvalue weighted by molar-refractivity contribution is 7.00. The van der Waals surface area contributed by atoms with Gasteiger partial charge in [-0.15, -0.1) is 0 Å². The third kappa shape index (κ3) is 10.1. The summed E-state index contributed by atoms with van der Waals surface area (Å²) in [4.78, 5) is 8.04. The Bertz CT molecular complexity index is 4820. The Morgan fingerprint density at radius 1 is 0.333 bits per heavy atom. The maximum absolute atomic E-state index is 8.05. The van der Waals surface area contributed by atoms with Gasteiger partial charge in [0.25, 0.3) is 6.71 Å². The minimum absolute atomic E-state index is 0.0174. The highest BCUT2D eigenvalue weighted by atomic mass is 16.3. The van der Waals surface area contributed by atoms with Crippen molar-refractivity contribution >= 4 is 85.5 Å². The third-order valence-electron chi connectivity index (χ3n) is 26.7. The molecule has 0 unspecified atom stereocenters. The van der Waals surface area contributed by atoms with Gasteiger partial charge in [-0.3, -0.25) is 0 Å². The lowest BCUT2D eigenvalue weighted by Gasteiger charge is -2.47. The quantitative estimate of drug-likeness (QED) is 0.134. The van der Waals surface area contributed by atoms with Crippen LogP contribution in [0.15, 0.2) is 186 Å². The lowest BCUT2D eigenvalue weighted by molar-refractivity contribution is 0.332. The fourth-order valence-electron chi connectivity index (χ4n) is 19.2. The van der Waals surface area contributed by atoms with Crippen LogP contribution in [-0.2, 0) is 54.1 Å². The van der Waals surface area contributed by atoms with Crippen molar-refractivity contribution in [2.45, 2.75) is 244 Å². The molecule has 0 N–H and O–H groups in total. The minimum Gasteiger partial charge on any atom is -0.468 e. The molecule has 5 heteroatoms. The van der Waals surface area contributed by atoms with E-state index in [1.165, 1.54) is 117 Å². The van der Waals surface area contributed by atoms with Crippen LogP contribution in [0.4, 0.5) is 51.2 Å². The summed E-state index contributed by atoms with van der Waals surface area (Å²) in [7, 11) is 0. The van der Waals surface area contributed by atoms with Crippen LogP contribution < -0.4 is 31.3 Å². The van der Waals surface area contributed by atoms with Gasteiger partial charge in [0.15, 0.2) is 0 Å². The topological polar surface area (TPSA) is 22.9 Å². The van der Waals surface area contributed by atoms with Gasteiger partial charge in [0.2, 0.25) is 0 Å². The van der Waals surface area contributed by atoms with Gasteiger partial charge >= 0.3 is 0 Å². The summed E-state index contributed by atoms with van der Waals surface area (Å²) in [6.45, 7) is 49.0. The van der Waals surface area contributed by atoms with Gasteiger partial charge in [0.1, 0.15) is 5.58 Å². The van der Waals surface area contributed by atoms with Crippen LogP contribution in [0, 0.1) is 0 Å². The normalized spacial score (nSPS) is 19.8. The second-order valence-corrected chi connectivity index (χ2v) is 37.6. The lowest BCUT2D eigenvalue weighted by atomic mass is 9.35. The molecule has 9 aromatic carbocycles. The van der Waals surface area contributed by atoms with E-state index >= 15 is 0 Å². The Morgan fingerprint density at radius 3 is 1.12 bits per heavy atom. The summed E-state index contributed by atoms with van der Waals surface area (Å²) in [6.07, 6.45) is 9.05. The highest BCUT2D eigenvalue weighted by Gasteiger charge is 2.52. The van der Waals surface area contributed by atoms with Gasteiger partial charge in [0, 0.05) is 56.0 Å². The van der Waals surface area contributed by atoms with Gasteiger partial charge in [-0.25, -0.2) is 0 Å². The largest absolute Gasteiger partial charge is 0.468 e. The second-order valence-electron chi connectivity index (χ2n) is 37.6. The molecule has 10 aromatic rings. The molecule has 2 aliphatic heterocycles. The number of fused-ring (bicyclic) bond motifs is 10. The van der Waals surface area contributed by atoms with E-state index in [9.17, 15) is 0 Å². The van der Waals surface area contributed by atoms with Crippen molar-refractivity contribution in [3.05, 3.63) is 249 Å². The number of rotatable bonds is 9. The molecular formula is C94H106BN3O. The predicted octanol–water partition coefficient (Wildman–Crippen LogP) is 24.0. The Balaban J connectivity index is 1.05. The van der Waals surface area contributed by atoms with Crippen LogP contribution >= 0.6 is 0 Å². The molecule has 506 valence electrons. The monoisotopic (exact) mass is 1300 g/mol. The molecule has 16 rings (SSSR count). The second kappa shape index (κ2) is 21.8. The van der Waals surface area contributed by atoms with Crippen LogP contribution in [-0.4, -0.2) is 6.71 Å². The van der Waals surface area contributed by atoms with E-state index in [1.807, 2.05) is 0 Å². The maximum atomic E-state index is 8.05. The first-order valence-corrected chi connectivity index (χ1v) is 37.5. The number of furan rings is 1. The molecule has 1 aromatic heterocycles. The number of nitrogens with zero attached hydrogens (tertiary/aromatic N) is 3. The maximum Gasteiger partial charge on any atom is 0.297 e. The van der Waals surface area contributed by atoms with E-state index in [1.54, 1.807) is 0 Å². The molecular weight excluding hydrogens is 1200 g/mol. The van der Waals surface area contributed by atoms with E-state index in [-0.39, 0.29) is 60.9 Å². The Morgan fingerprint density at radius 2 is 0.687 bits per heavy atom. The van der Waals surface area contributed by atoms with E-state index in [4.69, 9.17) is 4.42 Å². The van der Waals surface area contributed by atoms with Crippen molar-refractivity contribution < 1.29 is 4.42 Å². The van der Waals surface area contributed by atoms with Crippen molar-refractivity contribution in [2.75, 3.05) is 14.7 Å². The molecule has 0 spiro atoms. The molecule has 4 nitrogen and oxygen atoms in total. The molecule has 0 saturated heterocycles. The molecule has 0 amide bonds. The van der Waals surface area contributed by atoms with Gasteiger partial charge in [-0.2, -0.15) is 0 Å². The minimum atomic E-state index is -0.244. The molecule has 0 bridgehead atoms. The van der Waals surface area contributed by atoms with E-state index in [0.717, 1.165) is 79.7 Å². The van der Waals surface area contributed by atoms with E-state index in [2.05, 4.69) is 335 Å². The summed E-state index contributed by atoms with van der Waals surface area (Å²) in [6, 6.07) is 72.1. The first-order chi connectivity index (χ1) is 46.5. The molecule has 4 aliphatic carbocycles. The van der Waals surface area contributed by atoms with Crippen LogP contribution in [0.25, 0.3) is 11.0 Å². The smallest absolute Gasteiger partial charge is 0.297 e. The van der Waals surface area contributed by atoms with Crippen LogP contribution in [0.5, 0.6) is 0 Å². The van der Waals surface area contributed by atoms with Crippen molar-refractivity contribution in [1.29, 1.82) is 0 Å². The van der Waals surface area contributed by atoms with Gasteiger partial charge in [-0.1, -0.05) is 242 Å². The zero-order valence-corrected chi connectivity index (χ0v) is 63.3. The Kier molecular flexibility index (Phi) is 14.4. The summed E-state index contributed by atoms with van der Waals surface area (Å²) >= 11 is 0. The molecule has 0 radical (unpaired) electrons. The molecule has 0 atom stereocenters. The van der Waals surface area contributed by atoms with Crippen LogP contribution in [0.2, 0.25) is 0 Å². The van der Waals surface area contributed by atoms with Gasteiger partial charge in [-0.05, 0) is 251 Å². The first kappa shape index (κ1) is 65.6. The fourth-order valence-corrected chi connectivity index (χ4v) is 19.2. The fraction of sp³-hybridized carbons (Fsp3) is 0.404. The Labute approximate surface area is 593 Å². The Hall–Kier alpha value is -8.02.